The van der Waals surface area contributed by atoms with Crippen molar-refractivity contribution in [2.24, 2.45) is 0 Å². The summed E-state index contributed by atoms with van der Waals surface area (Å²) in [5, 5.41) is 0.366. The molecule has 9 heteroatoms. The van der Waals surface area contributed by atoms with Crippen LogP contribution in [0, 0.1) is 12.7 Å². The van der Waals surface area contributed by atoms with Crippen molar-refractivity contribution in [2.45, 2.75) is 24.8 Å². The lowest BCUT2D eigenvalue weighted by atomic mass is 10.1. The van der Waals surface area contributed by atoms with Crippen LogP contribution in [0.2, 0.25) is 5.02 Å². The first kappa shape index (κ1) is 23.4. The highest BCUT2D eigenvalue weighted by atomic mass is 35.5. The maximum atomic E-state index is 13.4. The Morgan fingerprint density at radius 1 is 1.03 bits per heavy atom. The molecule has 6 nitrogen and oxygen atoms in total. The molecule has 0 saturated carbocycles. The van der Waals surface area contributed by atoms with Crippen molar-refractivity contribution in [1.82, 2.24) is 0 Å². The number of benzene rings is 3. The number of nitrogens with one attached hydrogen (secondary N) is 1. The van der Waals surface area contributed by atoms with Crippen LogP contribution in [0.1, 0.15) is 33.2 Å². The minimum atomic E-state index is -4.12. The summed E-state index contributed by atoms with van der Waals surface area (Å²) in [6.45, 7) is 2.87. The highest BCUT2D eigenvalue weighted by Crippen LogP contribution is 2.24. The summed E-state index contributed by atoms with van der Waals surface area (Å²) in [5.74, 6) is -1.91. The molecule has 0 aliphatic heterocycles. The SMILES string of the molecule is Cc1cc(F)ccc1S(=O)(=O)Nc1ccccc1C(=O)OC(C)C(=O)c1cccc(Cl)c1. The molecule has 0 saturated heterocycles. The molecule has 166 valence electrons. The molecule has 0 aliphatic carbocycles. The molecule has 1 atom stereocenters. The third kappa shape index (κ3) is 5.33. The number of sulfonamides is 1. The molecule has 0 amide bonds. The van der Waals surface area contributed by atoms with E-state index in [0.717, 1.165) is 18.2 Å². The lowest BCUT2D eigenvalue weighted by Gasteiger charge is -2.16. The fraction of sp³-hybridized carbons (Fsp3) is 0.130. The number of hydrogen-bond acceptors (Lipinski definition) is 5. The van der Waals surface area contributed by atoms with Gasteiger partial charge in [0.2, 0.25) is 5.78 Å². The van der Waals surface area contributed by atoms with Crippen LogP contribution >= 0.6 is 11.6 Å². The van der Waals surface area contributed by atoms with Gasteiger partial charge in [-0.15, -0.1) is 0 Å². The lowest BCUT2D eigenvalue weighted by Crippen LogP contribution is -2.25. The average Bonchev–Trinajstić information content (AvgIpc) is 2.72. The number of ketones is 1. The summed E-state index contributed by atoms with van der Waals surface area (Å²) in [4.78, 5) is 25.1. The van der Waals surface area contributed by atoms with Gasteiger partial charge >= 0.3 is 5.97 Å². The standard InChI is InChI=1S/C23H19ClFNO5S/c1-14-12-18(25)10-11-21(14)32(29,30)26-20-9-4-3-8-19(20)23(28)31-15(2)22(27)16-6-5-7-17(24)13-16/h3-13,15,26H,1-2H3. The molecule has 32 heavy (non-hydrogen) atoms. The summed E-state index contributed by atoms with van der Waals surface area (Å²) < 4.78 is 46.6. The third-order valence-corrected chi connectivity index (χ3v) is 6.34. The van der Waals surface area contributed by atoms with E-state index in [1.807, 2.05) is 0 Å². The van der Waals surface area contributed by atoms with Crippen molar-refractivity contribution < 1.29 is 27.1 Å². The van der Waals surface area contributed by atoms with E-state index < -0.39 is 33.7 Å². The molecule has 0 heterocycles. The number of carbonyl (C=O) groups excluding carboxylic acids is 2. The summed E-state index contributed by atoms with van der Waals surface area (Å²) in [7, 11) is -4.12. The van der Waals surface area contributed by atoms with Crippen molar-refractivity contribution in [2.75, 3.05) is 4.72 Å². The van der Waals surface area contributed by atoms with Crippen LogP contribution in [-0.2, 0) is 14.8 Å². The number of rotatable bonds is 7. The molecule has 0 bridgehead atoms. The first-order chi connectivity index (χ1) is 15.1. The van der Waals surface area contributed by atoms with Gasteiger partial charge in [-0.05, 0) is 61.9 Å². The molecule has 1 unspecified atom stereocenters. The predicted molar refractivity (Wildman–Crippen MR) is 119 cm³/mol. The van der Waals surface area contributed by atoms with Gasteiger partial charge in [0.05, 0.1) is 16.1 Å². The van der Waals surface area contributed by atoms with Gasteiger partial charge in [0.1, 0.15) is 5.82 Å². The summed E-state index contributed by atoms with van der Waals surface area (Å²) >= 11 is 5.90. The molecule has 1 N–H and O–H groups in total. The summed E-state index contributed by atoms with van der Waals surface area (Å²) in [6, 6.07) is 15.3. The zero-order chi connectivity index (χ0) is 23.5. The van der Waals surface area contributed by atoms with Gasteiger partial charge in [-0.3, -0.25) is 9.52 Å². The number of carbonyl (C=O) groups is 2. The van der Waals surface area contributed by atoms with E-state index in [4.69, 9.17) is 16.3 Å². The van der Waals surface area contributed by atoms with Crippen LogP contribution in [0.5, 0.6) is 0 Å². The van der Waals surface area contributed by atoms with Crippen LogP contribution in [0.3, 0.4) is 0 Å². The Hall–Kier alpha value is -3.23. The van der Waals surface area contributed by atoms with Gasteiger partial charge in [-0.25, -0.2) is 17.6 Å². The van der Waals surface area contributed by atoms with Gasteiger partial charge in [0, 0.05) is 10.6 Å². The summed E-state index contributed by atoms with van der Waals surface area (Å²) in [6.07, 6.45) is -1.13. The molecular weight excluding hydrogens is 457 g/mol. The highest BCUT2D eigenvalue weighted by molar-refractivity contribution is 7.92. The Balaban J connectivity index is 1.83. The van der Waals surface area contributed by atoms with Crippen molar-refractivity contribution in [1.29, 1.82) is 0 Å². The van der Waals surface area contributed by atoms with Crippen LogP contribution in [-0.4, -0.2) is 26.3 Å². The van der Waals surface area contributed by atoms with Crippen LogP contribution in [0.4, 0.5) is 10.1 Å². The molecule has 3 aromatic rings. The molecular formula is C23H19ClFNO5S. The van der Waals surface area contributed by atoms with E-state index >= 15 is 0 Å². The first-order valence-electron chi connectivity index (χ1n) is 9.47. The number of Topliss-reactive ketones (excluding diaryl/α,β-unsaturated/α-hetero) is 1. The second-order valence-corrected chi connectivity index (χ2v) is 9.07. The number of esters is 1. The van der Waals surface area contributed by atoms with Gasteiger partial charge in [-0.2, -0.15) is 0 Å². The van der Waals surface area contributed by atoms with E-state index in [1.165, 1.54) is 44.2 Å². The van der Waals surface area contributed by atoms with Gasteiger partial charge in [0.25, 0.3) is 10.0 Å². The number of para-hydroxylation sites is 1. The third-order valence-electron chi connectivity index (χ3n) is 4.58. The predicted octanol–water partition coefficient (Wildman–Crippen LogP) is 5.02. The smallest absolute Gasteiger partial charge is 0.340 e. The molecule has 3 aromatic carbocycles. The van der Waals surface area contributed by atoms with E-state index in [-0.39, 0.29) is 27.3 Å². The van der Waals surface area contributed by atoms with Gasteiger partial charge in [-0.1, -0.05) is 35.9 Å². The lowest BCUT2D eigenvalue weighted by molar-refractivity contribution is 0.0320. The maximum absolute atomic E-state index is 13.4. The van der Waals surface area contributed by atoms with Crippen LogP contribution < -0.4 is 4.72 Å². The number of aryl methyl sites for hydroxylation is 1. The minimum absolute atomic E-state index is 0.0383. The minimum Gasteiger partial charge on any atom is -0.451 e. The fourth-order valence-electron chi connectivity index (χ4n) is 3.02. The fourth-order valence-corrected chi connectivity index (χ4v) is 4.52. The van der Waals surface area contributed by atoms with E-state index in [0.29, 0.717) is 5.02 Å². The Morgan fingerprint density at radius 2 is 1.75 bits per heavy atom. The molecule has 3 rings (SSSR count). The van der Waals surface area contributed by atoms with Crippen molar-refractivity contribution in [3.63, 3.8) is 0 Å². The van der Waals surface area contributed by atoms with Gasteiger partial charge < -0.3 is 4.74 Å². The number of anilines is 1. The number of ether oxygens (including phenoxy) is 1. The van der Waals surface area contributed by atoms with Crippen LogP contribution in [0.15, 0.2) is 71.6 Å². The highest BCUT2D eigenvalue weighted by Gasteiger charge is 2.24. The Labute approximate surface area is 190 Å². The Bertz CT molecular complexity index is 1290. The van der Waals surface area contributed by atoms with E-state index in [2.05, 4.69) is 4.72 Å². The number of halogens is 2. The van der Waals surface area contributed by atoms with E-state index in [9.17, 15) is 22.4 Å². The largest absolute Gasteiger partial charge is 0.451 e. The normalized spacial score (nSPS) is 12.1. The topological polar surface area (TPSA) is 89.5 Å². The summed E-state index contributed by atoms with van der Waals surface area (Å²) in [5.41, 5.74) is 0.363. The first-order valence-corrected chi connectivity index (χ1v) is 11.3. The molecule has 0 spiro atoms. The Morgan fingerprint density at radius 3 is 2.44 bits per heavy atom. The Kier molecular flexibility index (Phi) is 6.96. The van der Waals surface area contributed by atoms with Crippen LogP contribution in [0.25, 0.3) is 0 Å². The van der Waals surface area contributed by atoms with Crippen molar-refractivity contribution >= 4 is 39.1 Å². The van der Waals surface area contributed by atoms with Crippen molar-refractivity contribution in [3.05, 3.63) is 94.3 Å². The average molecular weight is 476 g/mol. The molecule has 0 radical (unpaired) electrons. The zero-order valence-corrected chi connectivity index (χ0v) is 18.7. The second-order valence-electron chi connectivity index (χ2n) is 6.98. The quantitative estimate of drug-likeness (QED) is 0.383. The zero-order valence-electron chi connectivity index (χ0n) is 17.1. The molecule has 0 aliphatic rings. The monoisotopic (exact) mass is 475 g/mol. The second kappa shape index (κ2) is 9.50. The van der Waals surface area contributed by atoms with Gasteiger partial charge in [0.15, 0.2) is 6.10 Å². The molecule has 0 aromatic heterocycles. The van der Waals surface area contributed by atoms with E-state index in [1.54, 1.807) is 18.2 Å². The molecule has 0 fully saturated rings. The number of hydrogen-bond donors (Lipinski definition) is 1. The van der Waals surface area contributed by atoms with Crippen molar-refractivity contribution in [3.8, 4) is 0 Å². The maximum Gasteiger partial charge on any atom is 0.340 e.